The van der Waals surface area contributed by atoms with E-state index in [4.69, 9.17) is 4.74 Å². The van der Waals surface area contributed by atoms with Crippen LogP contribution in [0.1, 0.15) is 17.9 Å². The molecular formula is C31H22BrNO2. The highest BCUT2D eigenvalue weighted by Crippen LogP contribution is 2.55. The van der Waals surface area contributed by atoms with Gasteiger partial charge in [0.05, 0.1) is 12.0 Å². The molecule has 3 aromatic rings. The number of rotatable bonds is 2. The molecule has 0 bridgehead atoms. The third kappa shape index (κ3) is 3.20. The second-order valence-corrected chi connectivity index (χ2v) is 10.3. The first-order valence-corrected chi connectivity index (χ1v) is 12.7. The molecule has 0 spiro atoms. The summed E-state index contributed by atoms with van der Waals surface area (Å²) in [6.45, 7) is 0. The number of fused-ring (bicyclic) bond motifs is 6. The van der Waals surface area contributed by atoms with Gasteiger partial charge in [0, 0.05) is 27.3 Å². The quantitative estimate of drug-likeness (QED) is 0.326. The molecule has 0 radical (unpaired) electrons. The Morgan fingerprint density at radius 3 is 2.69 bits per heavy atom. The Bertz CT molecular complexity index is 1500. The van der Waals surface area contributed by atoms with Gasteiger partial charge in [-0.1, -0.05) is 82.7 Å². The number of benzene rings is 3. The molecule has 0 saturated carbocycles. The van der Waals surface area contributed by atoms with E-state index >= 15 is 0 Å². The van der Waals surface area contributed by atoms with Gasteiger partial charge < -0.3 is 9.64 Å². The molecule has 3 nitrogen and oxygen atoms in total. The van der Waals surface area contributed by atoms with Crippen LogP contribution in [0.15, 0.2) is 125 Å². The minimum atomic E-state index is -0.237. The summed E-state index contributed by atoms with van der Waals surface area (Å²) >= 11 is 3.69. The van der Waals surface area contributed by atoms with E-state index in [0.717, 1.165) is 21.3 Å². The molecule has 3 unspecified atom stereocenters. The summed E-state index contributed by atoms with van der Waals surface area (Å²) in [5.41, 5.74) is 8.18. The van der Waals surface area contributed by atoms with Crippen molar-refractivity contribution >= 4 is 33.3 Å². The first-order chi connectivity index (χ1) is 17.2. The topological polar surface area (TPSA) is 29.5 Å². The van der Waals surface area contributed by atoms with Gasteiger partial charge >= 0.3 is 5.97 Å². The number of ether oxygens (including phenoxy) is 1. The molecule has 2 aliphatic carbocycles. The van der Waals surface area contributed by atoms with Gasteiger partial charge in [0.2, 0.25) is 0 Å². The van der Waals surface area contributed by atoms with E-state index in [1.54, 1.807) is 0 Å². The summed E-state index contributed by atoms with van der Waals surface area (Å²) < 4.78 is 6.98. The van der Waals surface area contributed by atoms with E-state index in [9.17, 15) is 4.79 Å². The Hall–Kier alpha value is -3.63. The minimum absolute atomic E-state index is 0.0127. The molecule has 4 aliphatic rings. The Labute approximate surface area is 212 Å². The Morgan fingerprint density at radius 2 is 1.80 bits per heavy atom. The Balaban J connectivity index is 1.43. The van der Waals surface area contributed by atoms with Crippen LogP contribution < -0.4 is 4.90 Å². The lowest BCUT2D eigenvalue weighted by Crippen LogP contribution is -2.40. The van der Waals surface area contributed by atoms with Crippen molar-refractivity contribution in [1.29, 1.82) is 0 Å². The third-order valence-electron chi connectivity index (χ3n) is 7.44. The third-order valence-corrected chi connectivity index (χ3v) is 7.93. The fourth-order valence-electron chi connectivity index (χ4n) is 5.91. The van der Waals surface area contributed by atoms with Crippen LogP contribution in [0, 0.1) is 5.92 Å². The Morgan fingerprint density at radius 1 is 0.943 bits per heavy atom. The number of carbonyl (C=O) groups is 1. The normalized spacial score (nSPS) is 23.8. The minimum Gasteiger partial charge on any atom is -0.426 e. The van der Waals surface area contributed by atoms with Crippen molar-refractivity contribution in [3.8, 4) is 11.1 Å². The van der Waals surface area contributed by atoms with E-state index in [2.05, 4.69) is 112 Å². The lowest BCUT2D eigenvalue weighted by molar-refractivity contribution is -0.143. The molecule has 3 aromatic carbocycles. The second kappa shape index (κ2) is 7.96. The van der Waals surface area contributed by atoms with Crippen molar-refractivity contribution < 1.29 is 9.53 Å². The summed E-state index contributed by atoms with van der Waals surface area (Å²) in [7, 11) is 0. The van der Waals surface area contributed by atoms with Gasteiger partial charge in [-0.2, -0.15) is 0 Å². The molecule has 0 N–H and O–H groups in total. The number of allylic oxidation sites excluding steroid dienone is 4. The van der Waals surface area contributed by atoms with Crippen molar-refractivity contribution in [3.63, 3.8) is 0 Å². The van der Waals surface area contributed by atoms with E-state index in [0.29, 0.717) is 12.2 Å². The first kappa shape index (κ1) is 20.7. The standard InChI is InChI=1S/C31H22BrNO2/c32-21-13-15-27-26(18-21)24-14-16-28-29(23-11-4-5-12-25(23)31(34)35-28)30(24)33(27)22-10-6-9-20(17-22)19-7-2-1-3-8-19/h1-11,13-18,24-25,30H,12H2. The summed E-state index contributed by atoms with van der Waals surface area (Å²) in [4.78, 5) is 15.2. The molecular weight excluding hydrogens is 498 g/mol. The van der Waals surface area contributed by atoms with Crippen LogP contribution in [-0.2, 0) is 9.53 Å². The molecule has 4 heteroatoms. The van der Waals surface area contributed by atoms with E-state index in [1.807, 2.05) is 12.1 Å². The number of carbonyl (C=O) groups excluding carboxylic acids is 1. The average Bonchev–Trinajstić information content (AvgIpc) is 3.23. The number of hydrogen-bond donors (Lipinski definition) is 0. The molecule has 3 atom stereocenters. The van der Waals surface area contributed by atoms with Gasteiger partial charge in [0.25, 0.3) is 0 Å². The molecule has 7 rings (SSSR count). The molecule has 35 heavy (non-hydrogen) atoms. The fraction of sp³-hybridized carbons (Fsp3) is 0.129. The number of nitrogens with zero attached hydrogens (tertiary/aromatic N) is 1. The Kier molecular flexibility index (Phi) is 4.71. The predicted molar refractivity (Wildman–Crippen MR) is 142 cm³/mol. The molecule has 0 fully saturated rings. The van der Waals surface area contributed by atoms with Crippen LogP contribution in [0.25, 0.3) is 11.1 Å². The van der Waals surface area contributed by atoms with Crippen molar-refractivity contribution in [3.05, 3.63) is 130 Å². The number of halogens is 1. The maximum atomic E-state index is 12.8. The summed E-state index contributed by atoms with van der Waals surface area (Å²) in [6.07, 6.45) is 11.1. The molecule has 0 amide bonds. The van der Waals surface area contributed by atoms with Crippen molar-refractivity contribution in [1.82, 2.24) is 0 Å². The molecule has 0 saturated heterocycles. The maximum absolute atomic E-state index is 12.8. The molecule has 2 heterocycles. The van der Waals surface area contributed by atoms with Crippen LogP contribution in [0.2, 0.25) is 0 Å². The fourth-order valence-corrected chi connectivity index (χ4v) is 6.29. The molecule has 2 aliphatic heterocycles. The van der Waals surface area contributed by atoms with Gasteiger partial charge in [-0.15, -0.1) is 0 Å². The summed E-state index contributed by atoms with van der Waals surface area (Å²) in [5.74, 6) is 0.452. The average molecular weight is 520 g/mol. The molecule has 170 valence electrons. The smallest absolute Gasteiger partial charge is 0.319 e. The highest BCUT2D eigenvalue weighted by atomic mass is 79.9. The second-order valence-electron chi connectivity index (χ2n) is 9.36. The van der Waals surface area contributed by atoms with Crippen LogP contribution >= 0.6 is 15.9 Å². The van der Waals surface area contributed by atoms with E-state index in [-0.39, 0.29) is 23.8 Å². The number of esters is 1. The van der Waals surface area contributed by atoms with Gasteiger partial charge in [-0.3, -0.25) is 4.79 Å². The zero-order valence-electron chi connectivity index (χ0n) is 18.9. The lowest BCUT2D eigenvalue weighted by atomic mass is 9.75. The molecule has 0 aromatic heterocycles. The van der Waals surface area contributed by atoms with E-state index < -0.39 is 0 Å². The van der Waals surface area contributed by atoms with Gasteiger partial charge in [-0.25, -0.2) is 0 Å². The SMILES string of the molecule is O=C1OC2=C(C3=CC=CCC13)C1C(C=C2)c2cc(Br)ccc2N1c1cccc(-c2ccccc2)c1. The zero-order chi connectivity index (χ0) is 23.5. The van der Waals surface area contributed by atoms with Crippen LogP contribution in [0.5, 0.6) is 0 Å². The van der Waals surface area contributed by atoms with Crippen molar-refractivity contribution in [2.45, 2.75) is 18.4 Å². The lowest BCUT2D eigenvalue weighted by Gasteiger charge is -2.39. The van der Waals surface area contributed by atoms with Crippen molar-refractivity contribution in [2.24, 2.45) is 5.92 Å². The van der Waals surface area contributed by atoms with Crippen molar-refractivity contribution in [2.75, 3.05) is 4.90 Å². The highest BCUT2D eigenvalue weighted by Gasteiger charge is 2.48. The predicted octanol–water partition coefficient (Wildman–Crippen LogP) is 7.60. The first-order valence-electron chi connectivity index (χ1n) is 11.9. The van der Waals surface area contributed by atoms with Crippen LogP contribution in [-0.4, -0.2) is 12.0 Å². The summed E-state index contributed by atoms with van der Waals surface area (Å²) in [5, 5.41) is 0. The highest BCUT2D eigenvalue weighted by molar-refractivity contribution is 9.10. The van der Waals surface area contributed by atoms with Gasteiger partial charge in [0.15, 0.2) is 0 Å². The number of anilines is 2. The van der Waals surface area contributed by atoms with Gasteiger partial charge in [0.1, 0.15) is 5.76 Å². The van der Waals surface area contributed by atoms with Crippen LogP contribution in [0.3, 0.4) is 0 Å². The zero-order valence-corrected chi connectivity index (χ0v) is 20.5. The van der Waals surface area contributed by atoms with Gasteiger partial charge in [-0.05, 0) is 65.1 Å². The summed E-state index contributed by atoms with van der Waals surface area (Å²) in [6, 6.07) is 25.8. The van der Waals surface area contributed by atoms with E-state index in [1.165, 1.54) is 22.4 Å². The maximum Gasteiger partial charge on any atom is 0.319 e. The largest absolute Gasteiger partial charge is 0.426 e. The number of hydrogen-bond acceptors (Lipinski definition) is 3. The monoisotopic (exact) mass is 519 g/mol. The van der Waals surface area contributed by atoms with Crippen LogP contribution in [0.4, 0.5) is 11.4 Å².